The van der Waals surface area contributed by atoms with Gasteiger partial charge in [-0.3, -0.25) is 9.48 Å². The molecule has 20 heavy (non-hydrogen) atoms. The minimum atomic E-state index is -0.527. The summed E-state index contributed by atoms with van der Waals surface area (Å²) in [7, 11) is 0. The zero-order chi connectivity index (χ0) is 14.1. The topological polar surface area (TPSA) is 96.4 Å². The Morgan fingerprint density at radius 1 is 1.50 bits per heavy atom. The summed E-state index contributed by atoms with van der Waals surface area (Å²) in [6.45, 7) is 2.97. The van der Waals surface area contributed by atoms with E-state index in [4.69, 9.17) is 5.73 Å². The number of hydrogen-bond donors (Lipinski definition) is 3. The zero-order valence-electron chi connectivity index (χ0n) is 11.5. The van der Waals surface area contributed by atoms with Crippen LogP contribution >= 0.6 is 0 Å². The lowest BCUT2D eigenvalue weighted by Gasteiger charge is -2.20. The SMILES string of the molecule is NC1CCCn2nc(C(=O)N3CCNCC(O)C3)cc21. The summed E-state index contributed by atoms with van der Waals surface area (Å²) in [6.07, 6.45) is 1.41. The van der Waals surface area contributed by atoms with E-state index in [1.54, 1.807) is 11.0 Å². The van der Waals surface area contributed by atoms with Crippen molar-refractivity contribution >= 4 is 5.91 Å². The highest BCUT2D eigenvalue weighted by atomic mass is 16.3. The summed E-state index contributed by atoms with van der Waals surface area (Å²) in [6, 6.07) is 1.77. The van der Waals surface area contributed by atoms with Crippen molar-refractivity contribution in [1.29, 1.82) is 0 Å². The number of hydrogen-bond acceptors (Lipinski definition) is 5. The van der Waals surface area contributed by atoms with E-state index in [1.807, 2.05) is 4.68 Å². The molecule has 1 aromatic heterocycles. The Kier molecular flexibility index (Phi) is 3.73. The Labute approximate surface area is 117 Å². The molecule has 0 radical (unpaired) electrons. The van der Waals surface area contributed by atoms with Crippen LogP contribution in [0.5, 0.6) is 0 Å². The van der Waals surface area contributed by atoms with Crippen LogP contribution in [-0.2, 0) is 6.54 Å². The Bertz CT molecular complexity index is 501. The number of aliphatic hydroxyl groups excluding tert-OH is 1. The molecule has 0 aliphatic carbocycles. The lowest BCUT2D eigenvalue weighted by atomic mass is 10.1. The molecule has 0 saturated carbocycles. The molecule has 4 N–H and O–H groups in total. The molecule has 1 saturated heterocycles. The van der Waals surface area contributed by atoms with Crippen LogP contribution in [0.25, 0.3) is 0 Å². The number of carbonyl (C=O) groups is 1. The zero-order valence-corrected chi connectivity index (χ0v) is 11.5. The molecular weight excluding hydrogens is 258 g/mol. The van der Waals surface area contributed by atoms with Gasteiger partial charge in [-0.05, 0) is 18.9 Å². The minimum Gasteiger partial charge on any atom is -0.390 e. The first-order valence-electron chi connectivity index (χ1n) is 7.16. The first-order valence-corrected chi connectivity index (χ1v) is 7.16. The third kappa shape index (κ3) is 2.56. The molecular formula is C13H21N5O2. The lowest BCUT2D eigenvalue weighted by Crippen LogP contribution is -2.38. The van der Waals surface area contributed by atoms with Gasteiger partial charge in [0.05, 0.1) is 11.8 Å². The van der Waals surface area contributed by atoms with Crippen LogP contribution in [0.15, 0.2) is 6.07 Å². The first-order chi connectivity index (χ1) is 9.65. The Hall–Kier alpha value is -1.44. The van der Waals surface area contributed by atoms with Crippen LogP contribution < -0.4 is 11.1 Å². The second-order valence-electron chi connectivity index (χ2n) is 5.54. The van der Waals surface area contributed by atoms with Crippen LogP contribution in [0.3, 0.4) is 0 Å². The van der Waals surface area contributed by atoms with E-state index >= 15 is 0 Å². The molecule has 110 valence electrons. The Morgan fingerprint density at radius 2 is 2.35 bits per heavy atom. The summed E-state index contributed by atoms with van der Waals surface area (Å²) in [5.74, 6) is -0.123. The summed E-state index contributed by atoms with van der Waals surface area (Å²) in [5.41, 5.74) is 7.42. The van der Waals surface area contributed by atoms with E-state index in [0.717, 1.165) is 25.1 Å². The van der Waals surface area contributed by atoms with Gasteiger partial charge in [0.1, 0.15) is 0 Å². The first kappa shape index (κ1) is 13.5. The van der Waals surface area contributed by atoms with Crippen molar-refractivity contribution in [3.8, 4) is 0 Å². The van der Waals surface area contributed by atoms with Gasteiger partial charge in [0.15, 0.2) is 5.69 Å². The third-order valence-corrected chi connectivity index (χ3v) is 3.95. The quantitative estimate of drug-likeness (QED) is 0.618. The van der Waals surface area contributed by atoms with E-state index < -0.39 is 6.10 Å². The molecule has 1 amide bonds. The average molecular weight is 279 g/mol. The van der Waals surface area contributed by atoms with Gasteiger partial charge in [0.25, 0.3) is 5.91 Å². The minimum absolute atomic E-state index is 0.0332. The summed E-state index contributed by atoms with van der Waals surface area (Å²) >= 11 is 0. The van der Waals surface area contributed by atoms with Gasteiger partial charge in [0.2, 0.25) is 0 Å². The molecule has 0 aromatic carbocycles. The Morgan fingerprint density at radius 3 is 3.15 bits per heavy atom. The largest absolute Gasteiger partial charge is 0.390 e. The van der Waals surface area contributed by atoms with Gasteiger partial charge in [-0.25, -0.2) is 0 Å². The number of fused-ring (bicyclic) bond motifs is 1. The smallest absolute Gasteiger partial charge is 0.274 e. The van der Waals surface area contributed by atoms with Crippen molar-refractivity contribution in [1.82, 2.24) is 20.0 Å². The van der Waals surface area contributed by atoms with E-state index in [9.17, 15) is 9.90 Å². The fourth-order valence-electron chi connectivity index (χ4n) is 2.86. The van der Waals surface area contributed by atoms with Gasteiger partial charge >= 0.3 is 0 Å². The Balaban J connectivity index is 1.80. The molecule has 2 aliphatic heterocycles. The fraction of sp³-hybridized carbons (Fsp3) is 0.692. The lowest BCUT2D eigenvalue weighted by molar-refractivity contribution is 0.0666. The summed E-state index contributed by atoms with van der Waals surface area (Å²) in [5, 5.41) is 17.2. The van der Waals surface area contributed by atoms with Gasteiger partial charge in [-0.1, -0.05) is 0 Å². The van der Waals surface area contributed by atoms with Crippen molar-refractivity contribution in [2.75, 3.05) is 26.2 Å². The standard InChI is InChI=1S/C13H21N5O2/c14-10-2-1-4-18-12(10)6-11(16-18)13(20)17-5-3-15-7-9(19)8-17/h6,9-10,15,19H,1-5,7-8,14H2. The molecule has 1 fully saturated rings. The molecule has 2 atom stereocenters. The average Bonchev–Trinajstić information content (AvgIpc) is 2.75. The predicted octanol–water partition coefficient (Wildman–Crippen LogP) is -0.917. The number of carbonyl (C=O) groups excluding carboxylic acids is 1. The van der Waals surface area contributed by atoms with E-state index in [-0.39, 0.29) is 11.9 Å². The second-order valence-corrected chi connectivity index (χ2v) is 5.54. The van der Waals surface area contributed by atoms with Gasteiger partial charge in [-0.15, -0.1) is 0 Å². The van der Waals surface area contributed by atoms with Crippen LogP contribution in [-0.4, -0.2) is 58.0 Å². The maximum absolute atomic E-state index is 12.5. The van der Waals surface area contributed by atoms with Gasteiger partial charge in [0, 0.05) is 38.8 Å². The second kappa shape index (κ2) is 5.51. The number of amides is 1. The summed E-state index contributed by atoms with van der Waals surface area (Å²) in [4.78, 5) is 14.2. The molecule has 3 heterocycles. The molecule has 3 rings (SSSR count). The number of nitrogens with one attached hydrogen (secondary N) is 1. The van der Waals surface area contributed by atoms with Crippen molar-refractivity contribution in [2.45, 2.75) is 31.5 Å². The highest BCUT2D eigenvalue weighted by Crippen LogP contribution is 2.23. The fourth-order valence-corrected chi connectivity index (χ4v) is 2.86. The van der Waals surface area contributed by atoms with Crippen LogP contribution in [0.1, 0.15) is 35.1 Å². The van der Waals surface area contributed by atoms with Crippen LogP contribution in [0.2, 0.25) is 0 Å². The van der Waals surface area contributed by atoms with Crippen LogP contribution in [0, 0.1) is 0 Å². The number of β-amino-alcohol motifs (C(OH)–C–C–N with tert-alkyl or cyclic N) is 1. The molecule has 2 unspecified atom stereocenters. The normalized spacial score (nSPS) is 27.0. The van der Waals surface area contributed by atoms with Crippen LogP contribution in [0.4, 0.5) is 0 Å². The van der Waals surface area contributed by atoms with Crippen molar-refractivity contribution < 1.29 is 9.90 Å². The molecule has 2 aliphatic rings. The predicted molar refractivity (Wildman–Crippen MR) is 73.2 cm³/mol. The van der Waals surface area contributed by atoms with Crippen molar-refractivity contribution in [3.05, 3.63) is 17.5 Å². The maximum atomic E-state index is 12.5. The number of aromatic nitrogens is 2. The number of aliphatic hydroxyl groups is 1. The molecule has 0 spiro atoms. The number of nitrogens with zero attached hydrogens (tertiary/aromatic N) is 3. The highest BCUT2D eigenvalue weighted by Gasteiger charge is 2.26. The van der Waals surface area contributed by atoms with Crippen molar-refractivity contribution in [3.63, 3.8) is 0 Å². The third-order valence-electron chi connectivity index (χ3n) is 3.95. The van der Waals surface area contributed by atoms with Gasteiger partial charge < -0.3 is 21.1 Å². The molecule has 1 aromatic rings. The van der Waals surface area contributed by atoms with E-state index in [2.05, 4.69) is 10.4 Å². The number of aryl methyl sites for hydroxylation is 1. The monoisotopic (exact) mass is 279 g/mol. The number of rotatable bonds is 1. The number of nitrogens with two attached hydrogens (primary N) is 1. The molecule has 7 nitrogen and oxygen atoms in total. The van der Waals surface area contributed by atoms with Crippen molar-refractivity contribution in [2.24, 2.45) is 5.73 Å². The summed E-state index contributed by atoms with van der Waals surface area (Å²) < 4.78 is 1.84. The molecule has 7 heteroatoms. The molecule has 0 bridgehead atoms. The van der Waals surface area contributed by atoms with Gasteiger partial charge in [-0.2, -0.15) is 5.10 Å². The van der Waals surface area contributed by atoms with E-state index in [1.165, 1.54) is 0 Å². The van der Waals surface area contributed by atoms with E-state index in [0.29, 0.717) is 31.9 Å². The highest BCUT2D eigenvalue weighted by molar-refractivity contribution is 5.92. The maximum Gasteiger partial charge on any atom is 0.274 e.